The zero-order valence-electron chi connectivity index (χ0n) is 10.0. The van der Waals surface area contributed by atoms with Crippen molar-refractivity contribution in [1.82, 2.24) is 0 Å². The SMILES string of the molecule is C=C(CCl)C(C#N)O[C@@H]1O[C@H](CO)[C@@H](O)[C@H](O)[C@H]1O. The van der Waals surface area contributed by atoms with Gasteiger partial charge in [-0.1, -0.05) is 6.58 Å². The first-order valence-corrected chi connectivity index (χ1v) is 6.09. The van der Waals surface area contributed by atoms with Crippen LogP contribution in [0.5, 0.6) is 0 Å². The summed E-state index contributed by atoms with van der Waals surface area (Å²) in [5.41, 5.74) is 0.265. The lowest BCUT2D eigenvalue weighted by Crippen LogP contribution is -2.59. The topological polar surface area (TPSA) is 123 Å². The fourth-order valence-corrected chi connectivity index (χ4v) is 1.74. The summed E-state index contributed by atoms with van der Waals surface area (Å²) in [4.78, 5) is 0. The second kappa shape index (κ2) is 7.17. The molecule has 8 heteroatoms. The molecule has 1 fully saturated rings. The van der Waals surface area contributed by atoms with Gasteiger partial charge in [-0.05, 0) is 5.57 Å². The maximum Gasteiger partial charge on any atom is 0.188 e. The van der Waals surface area contributed by atoms with Crippen molar-refractivity contribution in [1.29, 1.82) is 5.26 Å². The third-order valence-electron chi connectivity index (χ3n) is 2.78. The fourth-order valence-electron chi connectivity index (χ4n) is 1.60. The molecule has 4 N–H and O–H groups in total. The third kappa shape index (κ3) is 3.64. The van der Waals surface area contributed by atoms with Crippen LogP contribution in [0.2, 0.25) is 0 Å². The van der Waals surface area contributed by atoms with Crippen LogP contribution in [0.1, 0.15) is 0 Å². The Labute approximate surface area is 115 Å². The van der Waals surface area contributed by atoms with E-state index in [0.29, 0.717) is 0 Å². The summed E-state index contributed by atoms with van der Waals surface area (Å²) in [6.07, 6.45) is -8.18. The van der Waals surface area contributed by atoms with Crippen molar-refractivity contribution in [3.8, 4) is 6.07 Å². The van der Waals surface area contributed by atoms with Crippen LogP contribution in [-0.4, -0.2) is 69.7 Å². The van der Waals surface area contributed by atoms with Gasteiger partial charge in [-0.15, -0.1) is 11.6 Å². The van der Waals surface area contributed by atoms with Gasteiger partial charge in [0.2, 0.25) is 0 Å². The van der Waals surface area contributed by atoms with Crippen molar-refractivity contribution in [2.75, 3.05) is 12.5 Å². The number of rotatable bonds is 5. The summed E-state index contributed by atoms with van der Waals surface area (Å²) in [6.45, 7) is 2.96. The third-order valence-corrected chi connectivity index (χ3v) is 3.12. The van der Waals surface area contributed by atoms with E-state index in [-0.39, 0.29) is 11.5 Å². The van der Waals surface area contributed by atoms with Crippen molar-refractivity contribution in [3.05, 3.63) is 12.2 Å². The minimum Gasteiger partial charge on any atom is -0.394 e. The minimum absolute atomic E-state index is 0.0182. The molecule has 0 aromatic carbocycles. The summed E-state index contributed by atoms with van der Waals surface area (Å²) in [5.74, 6) is -0.0182. The molecule has 0 bridgehead atoms. The summed E-state index contributed by atoms with van der Waals surface area (Å²) < 4.78 is 10.2. The molecule has 0 spiro atoms. The Hall–Kier alpha value is -0.720. The van der Waals surface area contributed by atoms with E-state index < -0.39 is 43.4 Å². The Kier molecular flexibility index (Phi) is 6.16. The van der Waals surface area contributed by atoms with Gasteiger partial charge >= 0.3 is 0 Å². The zero-order chi connectivity index (χ0) is 14.6. The second-order valence-electron chi connectivity index (χ2n) is 4.13. The summed E-state index contributed by atoms with van der Waals surface area (Å²) in [7, 11) is 0. The van der Waals surface area contributed by atoms with Gasteiger partial charge in [-0.3, -0.25) is 0 Å². The average Bonchev–Trinajstić information content (AvgIpc) is 2.43. The molecule has 0 aliphatic carbocycles. The van der Waals surface area contributed by atoms with Gasteiger partial charge < -0.3 is 29.9 Å². The van der Waals surface area contributed by atoms with Gasteiger partial charge in [0.1, 0.15) is 24.4 Å². The minimum atomic E-state index is -1.56. The molecule has 1 aliphatic rings. The van der Waals surface area contributed by atoms with Crippen LogP contribution in [0, 0.1) is 11.3 Å². The quantitative estimate of drug-likeness (QED) is 0.359. The Balaban J connectivity index is 2.76. The number of aliphatic hydroxyl groups excluding tert-OH is 4. The van der Waals surface area contributed by atoms with Crippen molar-refractivity contribution >= 4 is 11.6 Å². The molecule has 0 aromatic heterocycles. The van der Waals surface area contributed by atoms with E-state index in [1.165, 1.54) is 0 Å². The highest BCUT2D eigenvalue weighted by Gasteiger charge is 2.44. The molecular formula is C11H16ClNO6. The molecule has 7 nitrogen and oxygen atoms in total. The predicted octanol–water partition coefficient (Wildman–Crippen LogP) is -1.51. The van der Waals surface area contributed by atoms with Crippen LogP contribution >= 0.6 is 11.6 Å². The van der Waals surface area contributed by atoms with Gasteiger partial charge in [0, 0.05) is 5.88 Å². The van der Waals surface area contributed by atoms with E-state index in [2.05, 4.69) is 6.58 Å². The van der Waals surface area contributed by atoms with Gasteiger partial charge in [-0.25, -0.2) is 0 Å². The first kappa shape index (κ1) is 16.3. The van der Waals surface area contributed by atoms with Crippen LogP contribution in [0.15, 0.2) is 12.2 Å². The number of nitriles is 1. The van der Waals surface area contributed by atoms with Crippen LogP contribution in [-0.2, 0) is 9.47 Å². The van der Waals surface area contributed by atoms with E-state index in [9.17, 15) is 15.3 Å². The number of hydrogen-bond acceptors (Lipinski definition) is 7. The Morgan fingerprint density at radius 3 is 2.47 bits per heavy atom. The predicted molar refractivity (Wildman–Crippen MR) is 64.1 cm³/mol. The molecule has 0 aromatic rings. The van der Waals surface area contributed by atoms with Gasteiger partial charge in [-0.2, -0.15) is 5.26 Å². The molecule has 0 amide bonds. The molecule has 6 atom stereocenters. The van der Waals surface area contributed by atoms with E-state index in [0.717, 1.165) is 0 Å². The van der Waals surface area contributed by atoms with Crippen molar-refractivity contribution < 1.29 is 29.9 Å². The number of nitrogens with zero attached hydrogens (tertiary/aromatic N) is 1. The Morgan fingerprint density at radius 1 is 1.37 bits per heavy atom. The summed E-state index contributed by atoms with van der Waals surface area (Å²) >= 11 is 5.52. The van der Waals surface area contributed by atoms with Crippen molar-refractivity contribution in [2.24, 2.45) is 0 Å². The largest absolute Gasteiger partial charge is 0.394 e. The van der Waals surface area contributed by atoms with Gasteiger partial charge in [0.25, 0.3) is 0 Å². The second-order valence-corrected chi connectivity index (χ2v) is 4.40. The zero-order valence-corrected chi connectivity index (χ0v) is 10.8. The normalized spacial score (nSPS) is 36.5. The number of halogens is 1. The molecule has 1 unspecified atom stereocenters. The molecule has 1 aliphatic heterocycles. The van der Waals surface area contributed by atoms with Crippen LogP contribution < -0.4 is 0 Å². The first-order chi connectivity index (χ1) is 8.96. The number of alkyl halides is 1. The van der Waals surface area contributed by atoms with Gasteiger partial charge in [0.15, 0.2) is 12.4 Å². The molecule has 19 heavy (non-hydrogen) atoms. The van der Waals surface area contributed by atoms with Crippen molar-refractivity contribution in [2.45, 2.75) is 36.8 Å². The van der Waals surface area contributed by atoms with E-state index in [1.807, 2.05) is 0 Å². The molecular weight excluding hydrogens is 278 g/mol. The van der Waals surface area contributed by atoms with Gasteiger partial charge in [0.05, 0.1) is 12.7 Å². The lowest BCUT2D eigenvalue weighted by atomic mass is 9.99. The standard InChI is InChI=1S/C11H16ClNO6/c1-5(2-12)6(3-13)18-11-10(17)9(16)8(15)7(4-14)19-11/h6-11,14-17H,1-2,4H2/t6?,7-,8-,9+,10-,11-/m1/s1. The molecule has 1 saturated heterocycles. The molecule has 0 radical (unpaired) electrons. The lowest BCUT2D eigenvalue weighted by molar-refractivity contribution is -0.304. The summed E-state index contributed by atoms with van der Waals surface area (Å²) in [6, 6.07) is 1.78. The summed E-state index contributed by atoms with van der Waals surface area (Å²) in [5, 5.41) is 46.7. The highest BCUT2D eigenvalue weighted by atomic mass is 35.5. The Bertz CT molecular complexity index is 358. The Morgan fingerprint density at radius 2 is 2.00 bits per heavy atom. The number of hydrogen-bond donors (Lipinski definition) is 4. The maximum absolute atomic E-state index is 9.71. The van der Waals surface area contributed by atoms with E-state index in [1.54, 1.807) is 6.07 Å². The van der Waals surface area contributed by atoms with E-state index >= 15 is 0 Å². The molecule has 1 rings (SSSR count). The average molecular weight is 294 g/mol. The molecule has 0 saturated carbocycles. The van der Waals surface area contributed by atoms with Crippen LogP contribution in [0.4, 0.5) is 0 Å². The maximum atomic E-state index is 9.71. The van der Waals surface area contributed by atoms with Crippen LogP contribution in [0.25, 0.3) is 0 Å². The number of aliphatic hydroxyl groups is 4. The van der Waals surface area contributed by atoms with E-state index in [4.69, 9.17) is 31.4 Å². The van der Waals surface area contributed by atoms with Crippen molar-refractivity contribution in [3.63, 3.8) is 0 Å². The lowest BCUT2D eigenvalue weighted by Gasteiger charge is -2.40. The molecule has 108 valence electrons. The highest BCUT2D eigenvalue weighted by molar-refractivity contribution is 6.19. The monoisotopic (exact) mass is 293 g/mol. The van der Waals surface area contributed by atoms with Crippen LogP contribution in [0.3, 0.4) is 0 Å². The smallest absolute Gasteiger partial charge is 0.188 e. The number of ether oxygens (including phenoxy) is 2. The fraction of sp³-hybridized carbons (Fsp3) is 0.727. The highest BCUT2D eigenvalue weighted by Crippen LogP contribution is 2.24. The molecule has 1 heterocycles. The first-order valence-electron chi connectivity index (χ1n) is 5.55.